The van der Waals surface area contributed by atoms with Gasteiger partial charge in [-0.05, 0) is 24.1 Å². The first-order valence-corrected chi connectivity index (χ1v) is 7.12. The van der Waals surface area contributed by atoms with Gasteiger partial charge in [0.25, 0.3) is 0 Å². The van der Waals surface area contributed by atoms with Gasteiger partial charge in [0, 0.05) is 18.3 Å². The minimum absolute atomic E-state index is 0.319. The fourth-order valence-electron chi connectivity index (χ4n) is 1.74. The van der Waals surface area contributed by atoms with Gasteiger partial charge in [-0.2, -0.15) is 5.10 Å². The highest BCUT2D eigenvalue weighted by molar-refractivity contribution is 8.00. The van der Waals surface area contributed by atoms with Crippen LogP contribution in [0, 0.1) is 0 Å². The van der Waals surface area contributed by atoms with Gasteiger partial charge in [0.15, 0.2) is 5.82 Å². The minimum Gasteiger partial charge on any atom is -0.549 e. The zero-order valence-corrected chi connectivity index (χ0v) is 12.3. The third kappa shape index (κ3) is 3.68. The predicted molar refractivity (Wildman–Crippen MR) is 77.4 cm³/mol. The molecular formula is C13H13ClN3O2S-. The maximum Gasteiger partial charge on any atom is 0.159 e. The Hall–Kier alpha value is -1.66. The van der Waals surface area contributed by atoms with E-state index in [2.05, 4.69) is 5.10 Å². The highest BCUT2D eigenvalue weighted by atomic mass is 35.5. The number of nitrogens with two attached hydrogens (primary N) is 1. The Labute approximate surface area is 125 Å². The van der Waals surface area contributed by atoms with Crippen molar-refractivity contribution in [3.63, 3.8) is 0 Å². The van der Waals surface area contributed by atoms with Gasteiger partial charge in [0.05, 0.1) is 16.1 Å². The molecule has 0 aliphatic heterocycles. The van der Waals surface area contributed by atoms with Gasteiger partial charge in [-0.3, -0.25) is 4.68 Å². The van der Waals surface area contributed by atoms with E-state index in [4.69, 9.17) is 17.3 Å². The molecule has 1 unspecified atom stereocenters. The van der Waals surface area contributed by atoms with Crippen molar-refractivity contribution < 1.29 is 9.90 Å². The number of rotatable bonds is 5. The van der Waals surface area contributed by atoms with E-state index in [0.29, 0.717) is 22.2 Å². The maximum atomic E-state index is 11.3. The number of thioether (sulfide) groups is 1. The molecule has 0 saturated carbocycles. The van der Waals surface area contributed by atoms with Crippen LogP contribution in [0.1, 0.15) is 5.56 Å². The molecule has 0 amide bonds. The Balaban J connectivity index is 2.13. The van der Waals surface area contributed by atoms with Crippen molar-refractivity contribution in [2.75, 3.05) is 5.73 Å². The second kappa shape index (κ2) is 6.19. The number of aryl methyl sites for hydroxylation is 1. The fourth-order valence-corrected chi connectivity index (χ4v) is 2.92. The summed E-state index contributed by atoms with van der Waals surface area (Å²) in [5, 5.41) is 15.1. The molecular weight excluding hydrogens is 298 g/mol. The lowest BCUT2D eigenvalue weighted by Crippen LogP contribution is -2.34. The number of carboxylic acid groups (broad SMARTS) is 1. The van der Waals surface area contributed by atoms with Crippen molar-refractivity contribution in [3.8, 4) is 0 Å². The van der Waals surface area contributed by atoms with Gasteiger partial charge in [0.2, 0.25) is 0 Å². The summed E-state index contributed by atoms with van der Waals surface area (Å²) in [4.78, 5) is 11.9. The van der Waals surface area contributed by atoms with Gasteiger partial charge < -0.3 is 15.6 Å². The molecule has 5 nitrogen and oxygen atoms in total. The van der Waals surface area contributed by atoms with Crippen LogP contribution in [-0.4, -0.2) is 21.0 Å². The molecule has 0 radical (unpaired) electrons. The number of carbonyl (C=O) groups is 1. The van der Waals surface area contributed by atoms with Crippen molar-refractivity contribution in [3.05, 3.63) is 41.0 Å². The average molecular weight is 311 g/mol. The van der Waals surface area contributed by atoms with Crippen LogP contribution in [0.15, 0.2) is 35.4 Å². The summed E-state index contributed by atoms with van der Waals surface area (Å²) in [7, 11) is 1.73. The van der Waals surface area contributed by atoms with E-state index in [1.807, 2.05) is 0 Å². The summed E-state index contributed by atoms with van der Waals surface area (Å²) in [6.07, 6.45) is 2.02. The molecule has 0 aliphatic carbocycles. The number of carboxylic acids is 1. The summed E-state index contributed by atoms with van der Waals surface area (Å²) in [6.45, 7) is 0. The largest absolute Gasteiger partial charge is 0.549 e. The predicted octanol–water partition coefficient (Wildman–Crippen LogP) is 1.11. The van der Waals surface area contributed by atoms with Crippen LogP contribution in [0.25, 0.3) is 0 Å². The summed E-state index contributed by atoms with van der Waals surface area (Å²) in [5.41, 5.74) is 6.59. The molecule has 0 aliphatic rings. The second-order valence-electron chi connectivity index (χ2n) is 4.31. The van der Waals surface area contributed by atoms with E-state index in [-0.39, 0.29) is 0 Å². The molecule has 1 aromatic heterocycles. The Kier molecular flexibility index (Phi) is 4.57. The van der Waals surface area contributed by atoms with Crippen molar-refractivity contribution in [2.24, 2.45) is 7.05 Å². The number of aliphatic carboxylic acids is 1. The molecule has 1 heterocycles. The summed E-state index contributed by atoms with van der Waals surface area (Å²) in [5.74, 6) is -0.812. The van der Waals surface area contributed by atoms with Crippen LogP contribution in [0.4, 0.5) is 5.82 Å². The van der Waals surface area contributed by atoms with E-state index in [1.165, 1.54) is 0 Å². The van der Waals surface area contributed by atoms with Gasteiger partial charge in [0.1, 0.15) is 0 Å². The fraction of sp³-hybridized carbons (Fsp3) is 0.231. The number of carbonyl (C=O) groups excluding carboxylic acids is 1. The highest BCUT2D eigenvalue weighted by Gasteiger charge is 2.16. The van der Waals surface area contributed by atoms with Crippen LogP contribution < -0.4 is 10.8 Å². The number of nitrogens with zero attached hydrogens (tertiary/aromatic N) is 2. The molecule has 2 rings (SSSR count). The molecule has 0 spiro atoms. The van der Waals surface area contributed by atoms with Gasteiger partial charge in [-0.25, -0.2) is 0 Å². The van der Waals surface area contributed by atoms with Crippen LogP contribution in [0.5, 0.6) is 0 Å². The average Bonchev–Trinajstić information content (AvgIpc) is 2.69. The first kappa shape index (κ1) is 14.7. The quantitative estimate of drug-likeness (QED) is 0.836. The Morgan fingerprint density at radius 2 is 2.15 bits per heavy atom. The monoisotopic (exact) mass is 310 g/mol. The van der Waals surface area contributed by atoms with Crippen molar-refractivity contribution in [2.45, 2.75) is 16.6 Å². The molecule has 0 bridgehead atoms. The topological polar surface area (TPSA) is 84.0 Å². The standard InChI is InChI=1S/C13H14ClN3O2S/c1-17-7-11(12(15)16-17)20-10(13(18)19)6-8-2-4-9(14)5-3-8/h2-5,7,10H,6H2,1H3,(H2,15,16)(H,18,19)/p-1. The van der Waals surface area contributed by atoms with Crippen molar-refractivity contribution in [1.29, 1.82) is 0 Å². The van der Waals surface area contributed by atoms with Crippen molar-refractivity contribution >= 4 is 35.1 Å². The van der Waals surface area contributed by atoms with Gasteiger partial charge >= 0.3 is 0 Å². The van der Waals surface area contributed by atoms with Crippen LogP contribution in [0.2, 0.25) is 5.02 Å². The molecule has 2 aromatic rings. The van der Waals surface area contributed by atoms with Crippen LogP contribution >= 0.6 is 23.4 Å². The van der Waals surface area contributed by atoms with Gasteiger partial charge in [-0.15, -0.1) is 11.8 Å². The molecule has 1 atom stereocenters. The molecule has 20 heavy (non-hydrogen) atoms. The number of nitrogen functional groups attached to an aromatic ring is 1. The number of anilines is 1. The summed E-state index contributed by atoms with van der Waals surface area (Å²) >= 11 is 6.94. The molecule has 7 heteroatoms. The Morgan fingerprint density at radius 3 is 2.65 bits per heavy atom. The normalized spacial score (nSPS) is 12.3. The molecule has 0 saturated heterocycles. The van der Waals surface area contributed by atoms with E-state index in [9.17, 15) is 9.90 Å². The number of hydrogen-bond donors (Lipinski definition) is 1. The highest BCUT2D eigenvalue weighted by Crippen LogP contribution is 2.29. The van der Waals surface area contributed by atoms with E-state index >= 15 is 0 Å². The van der Waals surface area contributed by atoms with E-state index < -0.39 is 11.2 Å². The smallest absolute Gasteiger partial charge is 0.159 e. The third-order valence-corrected chi connectivity index (χ3v) is 4.15. The molecule has 1 aromatic carbocycles. The lowest BCUT2D eigenvalue weighted by molar-refractivity contribution is -0.304. The van der Waals surface area contributed by atoms with Crippen molar-refractivity contribution in [1.82, 2.24) is 9.78 Å². The maximum absolute atomic E-state index is 11.3. The van der Waals surface area contributed by atoms with E-state index in [0.717, 1.165) is 17.3 Å². The number of halogens is 1. The zero-order valence-electron chi connectivity index (χ0n) is 10.7. The number of benzene rings is 1. The summed E-state index contributed by atoms with van der Waals surface area (Å²) < 4.78 is 1.55. The molecule has 2 N–H and O–H groups in total. The number of aromatic nitrogens is 2. The van der Waals surface area contributed by atoms with Crippen LogP contribution in [-0.2, 0) is 18.3 Å². The third-order valence-electron chi connectivity index (χ3n) is 2.69. The Bertz CT molecular complexity index is 613. The zero-order chi connectivity index (χ0) is 14.7. The number of hydrogen-bond acceptors (Lipinski definition) is 5. The lowest BCUT2D eigenvalue weighted by Gasteiger charge is -2.17. The Morgan fingerprint density at radius 1 is 1.50 bits per heavy atom. The first-order valence-electron chi connectivity index (χ1n) is 5.87. The minimum atomic E-state index is -1.13. The SMILES string of the molecule is Cn1cc(SC(Cc2ccc(Cl)cc2)C(=O)[O-])c(N)n1. The molecule has 0 fully saturated rings. The van der Waals surface area contributed by atoms with Crippen LogP contribution in [0.3, 0.4) is 0 Å². The summed E-state index contributed by atoms with van der Waals surface area (Å²) in [6, 6.07) is 7.05. The van der Waals surface area contributed by atoms with E-state index in [1.54, 1.807) is 42.2 Å². The molecule has 106 valence electrons. The second-order valence-corrected chi connectivity index (χ2v) is 5.99. The van der Waals surface area contributed by atoms with Gasteiger partial charge in [-0.1, -0.05) is 23.7 Å². The lowest BCUT2D eigenvalue weighted by atomic mass is 10.1. The first-order chi connectivity index (χ1) is 9.45.